The molecule has 2 aliphatic rings. The fourth-order valence-corrected chi connectivity index (χ4v) is 5.32. The van der Waals surface area contributed by atoms with Crippen molar-refractivity contribution in [1.29, 1.82) is 0 Å². The Labute approximate surface area is 247 Å². The number of halogens is 4. The summed E-state index contributed by atoms with van der Waals surface area (Å²) in [6, 6.07) is 15.2. The van der Waals surface area contributed by atoms with E-state index in [0.717, 1.165) is 52.5 Å². The molecule has 5 rings (SSSR count). The van der Waals surface area contributed by atoms with Gasteiger partial charge < -0.3 is 9.90 Å². The predicted octanol–water partition coefficient (Wildman–Crippen LogP) is 8.46. The molecule has 0 amide bonds. The van der Waals surface area contributed by atoms with Crippen LogP contribution in [0.1, 0.15) is 36.3 Å². The molecule has 0 spiro atoms. The van der Waals surface area contributed by atoms with Gasteiger partial charge in [-0.3, -0.25) is 4.98 Å². The van der Waals surface area contributed by atoms with Crippen molar-refractivity contribution < 1.29 is 9.90 Å². The standard InChI is InChI=1S/C29H21Cl4N3O.CH4O/c30-21-6-2-8-28(26(33)16-21)36-27(19-9-11-24(31)25(32)15-19)12-10-22(35-36)14-20(17-37)23-7-1-4-18-5-3-13-34-29(18)23;1-2/h1-7,9,11-13,15-17,20H,8,10,14H2;2H,1H3. The molecule has 200 valence electrons. The number of aldehydes is 1. The number of hydrogen-bond acceptors (Lipinski definition) is 5. The second-order valence-corrected chi connectivity index (χ2v) is 10.4. The SMILES string of the molecule is CO.O=CC(CC1=NN(C2=C(Cl)C=C(Cl)C=CC2)C(c2ccc(Cl)c(Cl)c2)=CC1)c1cccc2cccnc12. The van der Waals surface area contributed by atoms with E-state index in [-0.39, 0.29) is 0 Å². The molecule has 1 aliphatic carbocycles. The van der Waals surface area contributed by atoms with Crippen LogP contribution < -0.4 is 0 Å². The van der Waals surface area contributed by atoms with E-state index in [2.05, 4.69) is 11.1 Å². The summed E-state index contributed by atoms with van der Waals surface area (Å²) < 4.78 is 0. The maximum atomic E-state index is 12.3. The van der Waals surface area contributed by atoms with Gasteiger partial charge in [-0.15, -0.1) is 0 Å². The first kappa shape index (κ1) is 29.1. The van der Waals surface area contributed by atoms with Crippen LogP contribution in [-0.2, 0) is 4.79 Å². The molecule has 1 atom stereocenters. The molecule has 1 aromatic heterocycles. The number of hydrazone groups is 1. The summed E-state index contributed by atoms with van der Waals surface area (Å²) in [4.78, 5) is 16.8. The number of fused-ring (bicyclic) bond motifs is 1. The van der Waals surface area contributed by atoms with Gasteiger partial charge in [0.1, 0.15) is 6.29 Å². The van der Waals surface area contributed by atoms with Crippen LogP contribution in [0.15, 0.2) is 99.9 Å². The lowest BCUT2D eigenvalue weighted by Crippen LogP contribution is -2.23. The smallest absolute Gasteiger partial charge is 0.127 e. The van der Waals surface area contributed by atoms with Crippen LogP contribution >= 0.6 is 46.4 Å². The molecule has 0 bridgehead atoms. The maximum Gasteiger partial charge on any atom is 0.127 e. The number of aliphatic hydroxyl groups is 1. The van der Waals surface area contributed by atoms with Crippen molar-refractivity contribution in [3.63, 3.8) is 0 Å². The number of nitrogens with zero attached hydrogens (tertiary/aromatic N) is 3. The number of carbonyl (C=O) groups excluding carboxylic acids is 1. The molecular weight excluding hydrogens is 576 g/mol. The quantitative estimate of drug-likeness (QED) is 0.288. The van der Waals surface area contributed by atoms with E-state index >= 15 is 0 Å². The Balaban J connectivity index is 0.00000172. The number of benzene rings is 2. The summed E-state index contributed by atoms with van der Waals surface area (Å²) in [7, 11) is 1.00. The number of hydrogen-bond donors (Lipinski definition) is 1. The van der Waals surface area contributed by atoms with E-state index in [0.29, 0.717) is 39.4 Å². The first-order valence-corrected chi connectivity index (χ1v) is 13.6. The highest BCUT2D eigenvalue weighted by molar-refractivity contribution is 6.42. The van der Waals surface area contributed by atoms with Crippen molar-refractivity contribution in [2.75, 3.05) is 7.11 Å². The van der Waals surface area contributed by atoms with Crippen molar-refractivity contribution in [1.82, 2.24) is 9.99 Å². The van der Waals surface area contributed by atoms with E-state index in [1.807, 2.05) is 59.6 Å². The van der Waals surface area contributed by atoms with Gasteiger partial charge in [-0.1, -0.05) is 88.9 Å². The highest BCUT2D eigenvalue weighted by Crippen LogP contribution is 2.37. The third-order valence-electron chi connectivity index (χ3n) is 6.28. The van der Waals surface area contributed by atoms with Gasteiger partial charge in [-0.2, -0.15) is 5.10 Å². The fraction of sp³-hybridized carbons (Fsp3) is 0.167. The first-order valence-electron chi connectivity index (χ1n) is 12.1. The van der Waals surface area contributed by atoms with Crippen LogP contribution in [0.3, 0.4) is 0 Å². The maximum absolute atomic E-state index is 12.3. The Bertz CT molecular complexity index is 1540. The molecule has 39 heavy (non-hydrogen) atoms. The van der Waals surface area contributed by atoms with Gasteiger partial charge in [0.05, 0.1) is 32.0 Å². The van der Waals surface area contributed by atoms with Crippen molar-refractivity contribution in [3.05, 3.63) is 116 Å². The lowest BCUT2D eigenvalue weighted by molar-refractivity contribution is -0.108. The topological polar surface area (TPSA) is 65.8 Å². The molecule has 3 aromatic rings. The third kappa shape index (κ3) is 6.63. The Hall–Kier alpha value is -2.93. The molecule has 2 aromatic carbocycles. The average molecular weight is 601 g/mol. The Morgan fingerprint density at radius 2 is 1.82 bits per heavy atom. The largest absolute Gasteiger partial charge is 0.400 e. The van der Waals surface area contributed by atoms with Crippen LogP contribution in [0.2, 0.25) is 10.0 Å². The van der Waals surface area contributed by atoms with Crippen LogP contribution in [0.25, 0.3) is 16.6 Å². The van der Waals surface area contributed by atoms with Crippen LogP contribution in [-0.4, -0.2) is 34.2 Å². The van der Waals surface area contributed by atoms with Gasteiger partial charge >= 0.3 is 0 Å². The van der Waals surface area contributed by atoms with Gasteiger partial charge in [-0.05, 0) is 35.9 Å². The molecule has 0 saturated carbocycles. The van der Waals surface area contributed by atoms with Crippen molar-refractivity contribution >= 4 is 75.0 Å². The number of allylic oxidation sites excluding steroid dienone is 6. The van der Waals surface area contributed by atoms with E-state index in [4.69, 9.17) is 56.6 Å². The van der Waals surface area contributed by atoms with Crippen molar-refractivity contribution in [2.45, 2.75) is 25.2 Å². The van der Waals surface area contributed by atoms with Crippen LogP contribution in [0.5, 0.6) is 0 Å². The monoisotopic (exact) mass is 599 g/mol. The number of pyridine rings is 1. The molecule has 0 saturated heterocycles. The number of aromatic nitrogens is 1. The minimum Gasteiger partial charge on any atom is -0.400 e. The number of para-hydroxylation sites is 1. The zero-order valence-corrected chi connectivity index (χ0v) is 24.0. The minimum absolute atomic E-state index is 0.396. The van der Waals surface area contributed by atoms with Crippen LogP contribution in [0, 0.1) is 0 Å². The van der Waals surface area contributed by atoms with Gasteiger partial charge in [0, 0.05) is 60.2 Å². The molecule has 1 N–H and O–H groups in total. The predicted molar refractivity (Wildman–Crippen MR) is 162 cm³/mol. The van der Waals surface area contributed by atoms with Crippen molar-refractivity contribution in [2.24, 2.45) is 5.10 Å². The molecule has 2 heterocycles. The van der Waals surface area contributed by atoms with Gasteiger partial charge in [0.2, 0.25) is 0 Å². The molecule has 0 fully saturated rings. The fourth-order valence-electron chi connectivity index (χ4n) is 4.50. The summed E-state index contributed by atoms with van der Waals surface area (Å²) in [5.74, 6) is -0.396. The van der Waals surface area contributed by atoms with Gasteiger partial charge in [0.15, 0.2) is 0 Å². The summed E-state index contributed by atoms with van der Waals surface area (Å²) >= 11 is 25.5. The second kappa shape index (κ2) is 13.4. The molecular formula is C30H25Cl4N3O2. The van der Waals surface area contributed by atoms with Crippen LogP contribution in [0.4, 0.5) is 0 Å². The highest BCUT2D eigenvalue weighted by atomic mass is 35.5. The second-order valence-electron chi connectivity index (χ2n) is 8.70. The first-order chi connectivity index (χ1) is 18.9. The normalized spacial score (nSPS) is 16.1. The zero-order valence-electron chi connectivity index (χ0n) is 21.0. The molecule has 5 nitrogen and oxygen atoms in total. The summed E-state index contributed by atoms with van der Waals surface area (Å²) in [6.45, 7) is 0. The lowest BCUT2D eigenvalue weighted by Gasteiger charge is -2.30. The van der Waals surface area contributed by atoms with E-state index < -0.39 is 5.92 Å². The highest BCUT2D eigenvalue weighted by Gasteiger charge is 2.25. The average Bonchev–Trinajstić information content (AvgIpc) is 3.13. The Kier molecular flexibility index (Phi) is 10.0. The molecule has 1 aliphatic heterocycles. The summed E-state index contributed by atoms with van der Waals surface area (Å²) in [6.07, 6.45) is 11.8. The Morgan fingerprint density at radius 3 is 2.59 bits per heavy atom. The number of aliphatic hydroxyl groups excluding tert-OH is 1. The zero-order chi connectivity index (χ0) is 27.9. The summed E-state index contributed by atoms with van der Waals surface area (Å²) in [5.41, 5.74) is 4.98. The van der Waals surface area contributed by atoms with Crippen molar-refractivity contribution in [3.8, 4) is 0 Å². The molecule has 0 radical (unpaired) electrons. The number of carbonyl (C=O) groups is 1. The summed E-state index contributed by atoms with van der Waals surface area (Å²) in [5, 5.41) is 16.8. The van der Waals surface area contributed by atoms with E-state index in [1.165, 1.54) is 0 Å². The lowest BCUT2D eigenvalue weighted by atomic mass is 9.91. The molecule has 1 unspecified atom stereocenters. The molecule has 9 heteroatoms. The minimum atomic E-state index is -0.396. The van der Waals surface area contributed by atoms with E-state index in [1.54, 1.807) is 18.3 Å². The van der Waals surface area contributed by atoms with Gasteiger partial charge in [-0.25, -0.2) is 5.01 Å². The number of rotatable bonds is 6. The van der Waals surface area contributed by atoms with Gasteiger partial charge in [0.25, 0.3) is 0 Å². The van der Waals surface area contributed by atoms with E-state index in [9.17, 15) is 4.79 Å². The Morgan fingerprint density at radius 1 is 1.03 bits per heavy atom. The third-order valence-corrected chi connectivity index (χ3v) is 7.58.